The van der Waals surface area contributed by atoms with Gasteiger partial charge in [-0.05, 0) is 6.42 Å². The van der Waals surface area contributed by atoms with Gasteiger partial charge in [-0.15, -0.1) is 6.58 Å². The molecule has 1 N–H and O–H groups in total. The third-order valence-electron chi connectivity index (χ3n) is 1.88. The van der Waals surface area contributed by atoms with Crippen LogP contribution in [-0.2, 0) is 0 Å². The average molecular weight is 210 g/mol. The van der Waals surface area contributed by atoms with Gasteiger partial charge < -0.3 is 14.6 Å². The summed E-state index contributed by atoms with van der Waals surface area (Å²) in [7, 11) is 2.94. The van der Waals surface area contributed by atoms with E-state index in [0.29, 0.717) is 17.9 Å². The number of aliphatic hydroxyl groups is 1. The SMILES string of the molecule is C=CC[C@H](O)c1cnc(OC)nc1OC. The predicted molar refractivity (Wildman–Crippen MR) is 54.9 cm³/mol. The Kier molecular flexibility index (Phi) is 4.05. The van der Waals surface area contributed by atoms with Crippen LogP contribution >= 0.6 is 0 Å². The summed E-state index contributed by atoms with van der Waals surface area (Å²) in [5.41, 5.74) is 0.526. The summed E-state index contributed by atoms with van der Waals surface area (Å²) < 4.78 is 9.88. The molecule has 82 valence electrons. The van der Waals surface area contributed by atoms with Crippen molar-refractivity contribution in [2.24, 2.45) is 0 Å². The monoisotopic (exact) mass is 210 g/mol. The highest BCUT2D eigenvalue weighted by molar-refractivity contribution is 5.27. The molecule has 1 heterocycles. The van der Waals surface area contributed by atoms with Crippen LogP contribution in [0.5, 0.6) is 11.9 Å². The zero-order valence-corrected chi connectivity index (χ0v) is 8.80. The number of hydrogen-bond donors (Lipinski definition) is 1. The Morgan fingerprint density at radius 3 is 2.80 bits per heavy atom. The zero-order valence-electron chi connectivity index (χ0n) is 8.80. The van der Waals surface area contributed by atoms with E-state index >= 15 is 0 Å². The van der Waals surface area contributed by atoms with E-state index in [-0.39, 0.29) is 6.01 Å². The molecule has 0 aliphatic carbocycles. The normalized spacial score (nSPS) is 11.9. The molecular formula is C10H14N2O3. The first kappa shape index (κ1) is 11.5. The minimum Gasteiger partial charge on any atom is -0.481 e. The third kappa shape index (κ3) is 2.66. The summed E-state index contributed by atoms with van der Waals surface area (Å²) in [5.74, 6) is 0.316. The van der Waals surface area contributed by atoms with Gasteiger partial charge in [-0.3, -0.25) is 0 Å². The second-order valence-corrected chi connectivity index (χ2v) is 2.86. The predicted octanol–water partition coefficient (Wildman–Crippen LogP) is 1.10. The van der Waals surface area contributed by atoms with Crippen molar-refractivity contribution in [1.82, 2.24) is 9.97 Å². The maximum Gasteiger partial charge on any atom is 0.319 e. The molecule has 0 saturated heterocycles. The number of rotatable bonds is 5. The Balaban J connectivity index is 3.01. The van der Waals surface area contributed by atoms with Gasteiger partial charge in [-0.25, -0.2) is 4.98 Å². The van der Waals surface area contributed by atoms with Gasteiger partial charge in [0.25, 0.3) is 0 Å². The molecule has 0 radical (unpaired) electrons. The number of methoxy groups -OCH3 is 2. The lowest BCUT2D eigenvalue weighted by atomic mass is 10.1. The molecule has 0 spiro atoms. The van der Waals surface area contributed by atoms with Crippen LogP contribution in [0.2, 0.25) is 0 Å². The van der Waals surface area contributed by atoms with E-state index in [2.05, 4.69) is 16.5 Å². The molecule has 0 amide bonds. The molecule has 1 rings (SSSR count). The second-order valence-electron chi connectivity index (χ2n) is 2.86. The fraction of sp³-hybridized carbons (Fsp3) is 0.400. The van der Waals surface area contributed by atoms with Crippen LogP contribution in [0, 0.1) is 0 Å². The summed E-state index contributed by atoms with van der Waals surface area (Å²) in [4.78, 5) is 7.86. The summed E-state index contributed by atoms with van der Waals surface area (Å²) >= 11 is 0. The van der Waals surface area contributed by atoms with Crippen molar-refractivity contribution in [1.29, 1.82) is 0 Å². The number of ether oxygens (including phenoxy) is 2. The van der Waals surface area contributed by atoms with Crippen LogP contribution in [0.25, 0.3) is 0 Å². The Morgan fingerprint density at radius 1 is 1.53 bits per heavy atom. The first-order valence-corrected chi connectivity index (χ1v) is 4.46. The Labute approximate surface area is 88.4 Å². The molecule has 0 bridgehead atoms. The van der Waals surface area contributed by atoms with E-state index < -0.39 is 6.10 Å². The van der Waals surface area contributed by atoms with Crippen LogP contribution in [0.3, 0.4) is 0 Å². The largest absolute Gasteiger partial charge is 0.481 e. The minimum atomic E-state index is -0.705. The lowest BCUT2D eigenvalue weighted by Gasteiger charge is -2.12. The number of nitrogens with zero attached hydrogens (tertiary/aromatic N) is 2. The van der Waals surface area contributed by atoms with Gasteiger partial charge in [0.2, 0.25) is 5.88 Å². The molecule has 0 unspecified atom stereocenters. The molecule has 1 aromatic heterocycles. The highest BCUT2D eigenvalue weighted by atomic mass is 16.5. The number of hydrogen-bond acceptors (Lipinski definition) is 5. The van der Waals surface area contributed by atoms with Gasteiger partial charge in [0.1, 0.15) is 0 Å². The van der Waals surface area contributed by atoms with E-state index in [1.54, 1.807) is 6.08 Å². The molecule has 0 aliphatic heterocycles. The smallest absolute Gasteiger partial charge is 0.319 e. The van der Waals surface area contributed by atoms with E-state index in [4.69, 9.17) is 9.47 Å². The summed E-state index contributed by atoms with van der Waals surface area (Å²) in [6, 6.07) is 0.210. The number of aliphatic hydroxyl groups excluding tert-OH is 1. The first-order valence-electron chi connectivity index (χ1n) is 4.46. The van der Waals surface area contributed by atoms with Gasteiger partial charge in [0, 0.05) is 6.20 Å². The van der Waals surface area contributed by atoms with E-state index in [9.17, 15) is 5.11 Å². The van der Waals surface area contributed by atoms with Crippen molar-refractivity contribution in [2.45, 2.75) is 12.5 Å². The molecule has 0 aromatic carbocycles. The second kappa shape index (κ2) is 5.31. The van der Waals surface area contributed by atoms with E-state index in [1.165, 1.54) is 20.4 Å². The quantitative estimate of drug-likeness (QED) is 0.737. The highest BCUT2D eigenvalue weighted by Crippen LogP contribution is 2.25. The molecule has 15 heavy (non-hydrogen) atoms. The lowest BCUT2D eigenvalue weighted by Crippen LogP contribution is -2.04. The van der Waals surface area contributed by atoms with Crippen molar-refractivity contribution >= 4 is 0 Å². The van der Waals surface area contributed by atoms with Crippen molar-refractivity contribution in [3.63, 3.8) is 0 Å². The van der Waals surface area contributed by atoms with Crippen LogP contribution in [0.1, 0.15) is 18.1 Å². The molecule has 1 aromatic rings. The fourth-order valence-electron chi connectivity index (χ4n) is 1.14. The topological polar surface area (TPSA) is 64.5 Å². The van der Waals surface area contributed by atoms with Crippen LogP contribution in [0.4, 0.5) is 0 Å². The average Bonchev–Trinajstić information content (AvgIpc) is 2.28. The fourth-order valence-corrected chi connectivity index (χ4v) is 1.14. The van der Waals surface area contributed by atoms with Gasteiger partial charge in [-0.1, -0.05) is 6.08 Å². The highest BCUT2D eigenvalue weighted by Gasteiger charge is 2.15. The van der Waals surface area contributed by atoms with Gasteiger partial charge >= 0.3 is 6.01 Å². The molecule has 5 heteroatoms. The first-order chi connectivity index (χ1) is 7.22. The van der Waals surface area contributed by atoms with Gasteiger partial charge in [0.05, 0.1) is 25.9 Å². The van der Waals surface area contributed by atoms with Crippen molar-refractivity contribution in [3.05, 3.63) is 24.4 Å². The molecule has 1 atom stereocenters. The summed E-state index contributed by atoms with van der Waals surface area (Å²) in [5, 5.41) is 9.72. The van der Waals surface area contributed by atoms with Crippen molar-refractivity contribution < 1.29 is 14.6 Å². The molecule has 0 aliphatic rings. The summed E-state index contributed by atoms with van der Waals surface area (Å²) in [6.45, 7) is 3.55. The minimum absolute atomic E-state index is 0.210. The van der Waals surface area contributed by atoms with Crippen molar-refractivity contribution in [2.75, 3.05) is 14.2 Å². The Morgan fingerprint density at radius 2 is 2.27 bits per heavy atom. The van der Waals surface area contributed by atoms with Crippen molar-refractivity contribution in [3.8, 4) is 11.9 Å². The zero-order chi connectivity index (χ0) is 11.3. The Bertz CT molecular complexity index is 341. The molecule has 0 fully saturated rings. The number of aromatic nitrogens is 2. The van der Waals surface area contributed by atoms with E-state index in [1.807, 2.05) is 0 Å². The van der Waals surface area contributed by atoms with Gasteiger partial charge in [0.15, 0.2) is 0 Å². The maximum atomic E-state index is 9.72. The Hall–Kier alpha value is -1.62. The van der Waals surface area contributed by atoms with Gasteiger partial charge in [-0.2, -0.15) is 4.98 Å². The lowest BCUT2D eigenvalue weighted by molar-refractivity contribution is 0.174. The maximum absolute atomic E-state index is 9.72. The van der Waals surface area contributed by atoms with Crippen LogP contribution in [0.15, 0.2) is 18.9 Å². The molecule has 5 nitrogen and oxygen atoms in total. The standard InChI is InChI=1S/C10H14N2O3/c1-4-5-8(13)7-6-11-10(15-3)12-9(7)14-2/h4,6,8,13H,1,5H2,2-3H3/t8-/m0/s1. The van der Waals surface area contributed by atoms with Crippen LogP contribution < -0.4 is 9.47 Å². The molecule has 0 saturated carbocycles. The molecular weight excluding hydrogens is 196 g/mol. The van der Waals surface area contributed by atoms with Crippen LogP contribution in [-0.4, -0.2) is 29.3 Å². The summed E-state index contributed by atoms with van der Waals surface area (Å²) in [6.07, 6.45) is 2.82. The van der Waals surface area contributed by atoms with E-state index in [0.717, 1.165) is 0 Å². The third-order valence-corrected chi connectivity index (χ3v) is 1.88.